The van der Waals surface area contributed by atoms with E-state index in [1.807, 2.05) is 11.3 Å². The number of nitrogens with zero attached hydrogens (tertiary/aromatic N) is 2. The zero-order chi connectivity index (χ0) is 15.4. The molecule has 3 unspecified atom stereocenters. The van der Waals surface area contributed by atoms with Crippen molar-refractivity contribution in [3.63, 3.8) is 0 Å². The predicted octanol–water partition coefficient (Wildman–Crippen LogP) is 4.25. The van der Waals surface area contributed by atoms with Crippen molar-refractivity contribution in [1.29, 1.82) is 0 Å². The lowest BCUT2D eigenvalue weighted by Gasteiger charge is -2.35. The Bertz CT molecular complexity index is 443. The van der Waals surface area contributed by atoms with Gasteiger partial charge in [0.25, 0.3) is 0 Å². The average Bonchev–Trinajstić information content (AvgIpc) is 2.91. The van der Waals surface area contributed by atoms with Gasteiger partial charge in [0.15, 0.2) is 5.13 Å². The van der Waals surface area contributed by atoms with Crippen LogP contribution >= 0.6 is 11.3 Å². The summed E-state index contributed by atoms with van der Waals surface area (Å²) >= 11 is 1.91. The van der Waals surface area contributed by atoms with E-state index in [9.17, 15) is 0 Å². The van der Waals surface area contributed by atoms with Crippen molar-refractivity contribution in [3.05, 3.63) is 10.6 Å². The van der Waals surface area contributed by atoms with E-state index in [-0.39, 0.29) is 0 Å². The van der Waals surface area contributed by atoms with E-state index in [1.165, 1.54) is 28.7 Å². The van der Waals surface area contributed by atoms with Gasteiger partial charge < -0.3 is 10.2 Å². The average molecular weight is 310 g/mol. The molecule has 120 valence electrons. The van der Waals surface area contributed by atoms with Crippen molar-refractivity contribution in [2.45, 2.75) is 59.9 Å². The summed E-state index contributed by atoms with van der Waals surface area (Å²) < 4.78 is 0. The Morgan fingerprint density at radius 2 is 2.10 bits per heavy atom. The van der Waals surface area contributed by atoms with Crippen LogP contribution in [0.3, 0.4) is 0 Å². The van der Waals surface area contributed by atoms with Crippen LogP contribution in [0.5, 0.6) is 0 Å². The maximum absolute atomic E-state index is 5.02. The largest absolute Gasteiger partial charge is 0.348 e. The lowest BCUT2D eigenvalue weighted by Crippen LogP contribution is -2.38. The molecule has 1 aromatic heterocycles. The van der Waals surface area contributed by atoms with Crippen molar-refractivity contribution in [2.75, 3.05) is 24.5 Å². The molecule has 1 aliphatic rings. The van der Waals surface area contributed by atoms with Gasteiger partial charge in [0, 0.05) is 24.5 Å². The van der Waals surface area contributed by atoms with Crippen molar-refractivity contribution >= 4 is 16.5 Å². The molecular formula is C17H31N3S. The van der Waals surface area contributed by atoms with E-state index in [0.29, 0.717) is 5.92 Å². The van der Waals surface area contributed by atoms with E-state index >= 15 is 0 Å². The fourth-order valence-corrected chi connectivity index (χ4v) is 4.05. The van der Waals surface area contributed by atoms with E-state index in [0.717, 1.165) is 37.9 Å². The molecule has 1 aliphatic heterocycles. The molecule has 21 heavy (non-hydrogen) atoms. The third kappa shape index (κ3) is 3.98. The van der Waals surface area contributed by atoms with Crippen LogP contribution in [0, 0.1) is 11.8 Å². The van der Waals surface area contributed by atoms with E-state index in [2.05, 4.69) is 44.8 Å². The number of aromatic nitrogens is 1. The number of anilines is 1. The Morgan fingerprint density at radius 3 is 2.71 bits per heavy atom. The van der Waals surface area contributed by atoms with Crippen LogP contribution in [-0.2, 0) is 6.54 Å². The molecule has 2 heterocycles. The predicted molar refractivity (Wildman–Crippen MR) is 93.4 cm³/mol. The van der Waals surface area contributed by atoms with Crippen LogP contribution < -0.4 is 10.2 Å². The summed E-state index contributed by atoms with van der Waals surface area (Å²) in [6, 6.07) is 0. The monoisotopic (exact) mass is 309 g/mol. The number of hydrogen-bond donors (Lipinski definition) is 1. The Kier molecular flexibility index (Phi) is 6.06. The summed E-state index contributed by atoms with van der Waals surface area (Å²) in [6.07, 6.45) is 2.46. The summed E-state index contributed by atoms with van der Waals surface area (Å²) in [4.78, 5) is 8.97. The summed E-state index contributed by atoms with van der Waals surface area (Å²) in [5.74, 6) is 2.17. The quantitative estimate of drug-likeness (QED) is 0.851. The minimum Gasteiger partial charge on any atom is -0.348 e. The zero-order valence-electron chi connectivity index (χ0n) is 14.3. The van der Waals surface area contributed by atoms with Gasteiger partial charge in [-0.25, -0.2) is 4.98 Å². The second-order valence-corrected chi connectivity index (χ2v) is 7.65. The van der Waals surface area contributed by atoms with Crippen LogP contribution in [0.2, 0.25) is 0 Å². The number of rotatable bonds is 6. The van der Waals surface area contributed by atoms with Crippen LogP contribution in [0.1, 0.15) is 63.9 Å². The molecule has 0 radical (unpaired) electrons. The molecule has 0 bridgehead atoms. The number of piperidine rings is 1. The fourth-order valence-electron chi connectivity index (χ4n) is 2.87. The first-order valence-corrected chi connectivity index (χ1v) is 9.33. The van der Waals surface area contributed by atoms with Crippen LogP contribution in [0.25, 0.3) is 0 Å². The van der Waals surface area contributed by atoms with Gasteiger partial charge in [-0.3, -0.25) is 0 Å². The maximum Gasteiger partial charge on any atom is 0.185 e. The van der Waals surface area contributed by atoms with Gasteiger partial charge in [-0.15, -0.1) is 11.3 Å². The Hall–Kier alpha value is -0.610. The fraction of sp³-hybridized carbons (Fsp3) is 0.824. The third-order valence-electron chi connectivity index (χ3n) is 4.94. The first-order chi connectivity index (χ1) is 10.1. The highest BCUT2D eigenvalue weighted by Gasteiger charge is 2.26. The highest BCUT2D eigenvalue weighted by molar-refractivity contribution is 7.15. The second-order valence-electron chi connectivity index (χ2n) is 6.58. The van der Waals surface area contributed by atoms with Crippen LogP contribution in [0.15, 0.2) is 0 Å². The molecule has 0 spiro atoms. The van der Waals surface area contributed by atoms with Gasteiger partial charge in [0.05, 0.1) is 5.69 Å². The van der Waals surface area contributed by atoms with Crippen molar-refractivity contribution in [3.8, 4) is 0 Å². The summed E-state index contributed by atoms with van der Waals surface area (Å²) in [5.41, 5.74) is 1.32. The Balaban J connectivity index is 2.18. The molecule has 3 atom stereocenters. The molecule has 3 nitrogen and oxygen atoms in total. The third-order valence-corrected chi connectivity index (χ3v) is 6.07. The van der Waals surface area contributed by atoms with Gasteiger partial charge in [0.2, 0.25) is 0 Å². The molecule has 0 saturated carbocycles. The molecule has 0 aromatic carbocycles. The minimum absolute atomic E-state index is 0.560. The first-order valence-electron chi connectivity index (χ1n) is 8.52. The molecule has 1 N–H and O–H groups in total. The van der Waals surface area contributed by atoms with Gasteiger partial charge in [-0.05, 0) is 37.1 Å². The number of hydrogen-bond acceptors (Lipinski definition) is 4. The molecule has 1 saturated heterocycles. The number of nitrogens with one attached hydrogen (secondary N) is 1. The summed E-state index contributed by atoms with van der Waals surface area (Å²) in [5, 5.41) is 4.72. The first kappa shape index (κ1) is 16.8. The zero-order valence-corrected chi connectivity index (χ0v) is 15.1. The van der Waals surface area contributed by atoms with E-state index < -0.39 is 0 Å². The molecule has 4 heteroatoms. The van der Waals surface area contributed by atoms with Crippen molar-refractivity contribution < 1.29 is 0 Å². The van der Waals surface area contributed by atoms with Crippen LogP contribution in [-0.4, -0.2) is 24.6 Å². The van der Waals surface area contributed by atoms with Gasteiger partial charge in [-0.2, -0.15) is 0 Å². The lowest BCUT2D eigenvalue weighted by molar-refractivity contribution is 0.323. The Labute approximate surface area is 134 Å². The minimum atomic E-state index is 0.560. The number of thiazole rings is 1. The summed E-state index contributed by atoms with van der Waals surface area (Å²) in [7, 11) is 0. The van der Waals surface area contributed by atoms with Gasteiger partial charge >= 0.3 is 0 Å². The SMILES string of the molecule is CCNCc1sc(N2CCC(C)C(C)C2)nc1C(C)CC. The Morgan fingerprint density at radius 1 is 1.33 bits per heavy atom. The van der Waals surface area contributed by atoms with Crippen LogP contribution in [0.4, 0.5) is 5.13 Å². The molecule has 2 rings (SSSR count). The molecule has 0 amide bonds. The highest BCUT2D eigenvalue weighted by atomic mass is 32.1. The topological polar surface area (TPSA) is 28.2 Å². The lowest BCUT2D eigenvalue weighted by atomic mass is 9.89. The smallest absolute Gasteiger partial charge is 0.185 e. The van der Waals surface area contributed by atoms with Gasteiger partial charge in [-0.1, -0.05) is 34.6 Å². The van der Waals surface area contributed by atoms with Gasteiger partial charge in [0.1, 0.15) is 0 Å². The van der Waals surface area contributed by atoms with E-state index in [1.54, 1.807) is 0 Å². The molecule has 1 fully saturated rings. The second kappa shape index (κ2) is 7.59. The maximum atomic E-state index is 5.02. The van der Waals surface area contributed by atoms with E-state index in [4.69, 9.17) is 4.98 Å². The molecule has 0 aliphatic carbocycles. The molecular weight excluding hydrogens is 278 g/mol. The molecule has 1 aromatic rings. The highest BCUT2D eigenvalue weighted by Crippen LogP contribution is 2.35. The van der Waals surface area contributed by atoms with Crippen molar-refractivity contribution in [1.82, 2.24) is 10.3 Å². The van der Waals surface area contributed by atoms with Crippen molar-refractivity contribution in [2.24, 2.45) is 11.8 Å². The standard InChI is InChI=1S/C17H31N3S/c1-6-12(3)16-15(10-18-7-2)21-17(19-16)20-9-8-13(4)14(5)11-20/h12-14,18H,6-11H2,1-5H3. The summed E-state index contributed by atoms with van der Waals surface area (Å²) in [6.45, 7) is 15.8. The normalized spacial score (nSPS) is 24.3.